The first-order chi connectivity index (χ1) is 14.2. The molecule has 1 unspecified atom stereocenters. The molecule has 2 heterocycles. The number of hydrogen-bond acceptors (Lipinski definition) is 6. The van der Waals surface area contributed by atoms with Crippen LogP contribution in [0.5, 0.6) is 5.75 Å². The van der Waals surface area contributed by atoms with Gasteiger partial charge in [0.05, 0.1) is 24.6 Å². The van der Waals surface area contributed by atoms with Crippen molar-refractivity contribution in [2.24, 2.45) is 5.92 Å². The first-order valence-electron chi connectivity index (χ1n) is 9.75. The van der Waals surface area contributed by atoms with Gasteiger partial charge in [0.15, 0.2) is 0 Å². The molecule has 0 saturated heterocycles. The predicted octanol–water partition coefficient (Wildman–Crippen LogP) is 3.32. The lowest BCUT2D eigenvalue weighted by Gasteiger charge is -2.20. The molecule has 0 spiro atoms. The van der Waals surface area contributed by atoms with Gasteiger partial charge in [0, 0.05) is 24.1 Å². The maximum atomic E-state index is 13.5. The van der Waals surface area contributed by atoms with E-state index < -0.39 is 17.5 Å². The van der Waals surface area contributed by atoms with E-state index >= 15 is 0 Å². The molecule has 0 aliphatic rings. The second-order valence-electron chi connectivity index (χ2n) is 7.74. The highest BCUT2D eigenvalue weighted by Gasteiger charge is 2.29. The molecule has 3 aromatic rings. The number of rotatable bonds is 6. The summed E-state index contributed by atoms with van der Waals surface area (Å²) >= 11 is 0. The molecule has 0 amide bonds. The van der Waals surface area contributed by atoms with E-state index in [0.717, 1.165) is 10.9 Å². The highest BCUT2D eigenvalue weighted by Crippen LogP contribution is 2.32. The molecule has 0 bridgehead atoms. The van der Waals surface area contributed by atoms with Gasteiger partial charge in [-0.05, 0) is 30.4 Å². The van der Waals surface area contributed by atoms with Crippen LogP contribution >= 0.6 is 0 Å². The van der Waals surface area contributed by atoms with E-state index in [-0.39, 0.29) is 40.5 Å². The number of aromatic nitrogens is 1. The molecule has 3 rings (SSSR count). The standard InChI is InChI=1S/C23H25NO6/c1-13(2)12-24-18-8-6-5-7-15(18)10-17(22(24)27)16(11-20(26)29-4)21-19(25)9-14(3)30-23(21)28/h5-10,13,16,25H,11-12H2,1-4H3. The molecular formula is C23H25NO6. The average Bonchev–Trinajstić information content (AvgIpc) is 2.68. The summed E-state index contributed by atoms with van der Waals surface area (Å²) in [4.78, 5) is 38.2. The third kappa shape index (κ3) is 4.15. The Bertz CT molecular complexity index is 1200. The van der Waals surface area contributed by atoms with Crippen LogP contribution in [0.1, 0.15) is 43.1 Å². The maximum absolute atomic E-state index is 13.5. The van der Waals surface area contributed by atoms with E-state index in [9.17, 15) is 19.5 Å². The number of ether oxygens (including phenoxy) is 1. The Morgan fingerprint density at radius 2 is 1.90 bits per heavy atom. The summed E-state index contributed by atoms with van der Waals surface area (Å²) in [6, 6.07) is 10.4. The summed E-state index contributed by atoms with van der Waals surface area (Å²) in [5.74, 6) is -1.51. The van der Waals surface area contributed by atoms with Gasteiger partial charge < -0.3 is 18.8 Å². The molecular weight excluding hydrogens is 386 g/mol. The number of carbonyl (C=O) groups excluding carboxylic acids is 1. The van der Waals surface area contributed by atoms with Crippen molar-refractivity contribution in [1.29, 1.82) is 0 Å². The van der Waals surface area contributed by atoms with Gasteiger partial charge in [-0.25, -0.2) is 4.79 Å². The smallest absolute Gasteiger partial charge is 0.343 e. The van der Waals surface area contributed by atoms with Gasteiger partial charge in [-0.15, -0.1) is 0 Å². The van der Waals surface area contributed by atoms with Crippen molar-refractivity contribution in [2.45, 2.75) is 39.7 Å². The molecule has 30 heavy (non-hydrogen) atoms. The van der Waals surface area contributed by atoms with Crippen molar-refractivity contribution in [2.75, 3.05) is 7.11 Å². The highest BCUT2D eigenvalue weighted by molar-refractivity contribution is 5.80. The second-order valence-corrected chi connectivity index (χ2v) is 7.74. The highest BCUT2D eigenvalue weighted by atomic mass is 16.5. The molecule has 1 aromatic carbocycles. The molecule has 2 aromatic heterocycles. The number of nitrogens with zero attached hydrogens (tertiary/aromatic N) is 1. The third-order valence-corrected chi connectivity index (χ3v) is 4.99. The summed E-state index contributed by atoms with van der Waals surface area (Å²) in [6.45, 7) is 6.00. The fraction of sp³-hybridized carbons (Fsp3) is 0.348. The van der Waals surface area contributed by atoms with E-state index in [4.69, 9.17) is 9.15 Å². The number of fused-ring (bicyclic) bond motifs is 1. The van der Waals surface area contributed by atoms with Gasteiger partial charge in [-0.1, -0.05) is 32.0 Å². The molecule has 1 atom stereocenters. The molecule has 0 fully saturated rings. The maximum Gasteiger partial charge on any atom is 0.343 e. The molecule has 0 radical (unpaired) electrons. The topological polar surface area (TPSA) is 98.7 Å². The molecule has 0 aliphatic carbocycles. The van der Waals surface area contributed by atoms with Crippen LogP contribution in [0.3, 0.4) is 0 Å². The van der Waals surface area contributed by atoms with Crippen molar-refractivity contribution in [3.63, 3.8) is 0 Å². The van der Waals surface area contributed by atoms with Crippen molar-refractivity contribution in [3.8, 4) is 5.75 Å². The zero-order chi connectivity index (χ0) is 22.0. The van der Waals surface area contributed by atoms with Crippen LogP contribution in [-0.2, 0) is 16.1 Å². The Morgan fingerprint density at radius 1 is 1.20 bits per heavy atom. The zero-order valence-corrected chi connectivity index (χ0v) is 17.5. The van der Waals surface area contributed by atoms with Crippen LogP contribution < -0.4 is 11.2 Å². The Labute approximate surface area is 173 Å². The Kier molecular flexibility index (Phi) is 6.10. The van der Waals surface area contributed by atoms with Crippen LogP contribution in [0.25, 0.3) is 10.9 Å². The van der Waals surface area contributed by atoms with Crippen LogP contribution in [0.4, 0.5) is 0 Å². The van der Waals surface area contributed by atoms with Gasteiger partial charge in [0.2, 0.25) is 0 Å². The summed E-state index contributed by atoms with van der Waals surface area (Å²) in [5, 5.41) is 11.3. The fourth-order valence-corrected chi connectivity index (χ4v) is 3.69. The van der Waals surface area contributed by atoms with Crippen LogP contribution in [0, 0.1) is 12.8 Å². The van der Waals surface area contributed by atoms with Gasteiger partial charge in [-0.2, -0.15) is 0 Å². The van der Waals surface area contributed by atoms with Gasteiger partial charge in [0.25, 0.3) is 5.56 Å². The van der Waals surface area contributed by atoms with E-state index in [1.807, 2.05) is 38.1 Å². The van der Waals surface area contributed by atoms with Gasteiger partial charge in [0.1, 0.15) is 11.5 Å². The van der Waals surface area contributed by atoms with Crippen molar-refractivity contribution in [3.05, 3.63) is 74.1 Å². The Hall–Kier alpha value is -3.35. The van der Waals surface area contributed by atoms with Gasteiger partial charge in [-0.3, -0.25) is 9.59 Å². The number of para-hydroxylation sites is 1. The lowest BCUT2D eigenvalue weighted by atomic mass is 9.88. The fourth-order valence-electron chi connectivity index (χ4n) is 3.69. The van der Waals surface area contributed by atoms with E-state index in [2.05, 4.69) is 0 Å². The number of methoxy groups -OCH3 is 1. The van der Waals surface area contributed by atoms with Crippen LogP contribution in [0.2, 0.25) is 0 Å². The monoisotopic (exact) mass is 411 g/mol. The number of hydrogen-bond donors (Lipinski definition) is 1. The van der Waals surface area contributed by atoms with E-state index in [0.29, 0.717) is 6.54 Å². The lowest BCUT2D eigenvalue weighted by Crippen LogP contribution is -2.30. The molecule has 7 heteroatoms. The van der Waals surface area contributed by atoms with Gasteiger partial charge >= 0.3 is 11.6 Å². The molecule has 158 valence electrons. The van der Waals surface area contributed by atoms with Crippen LogP contribution in [0.15, 0.2) is 50.4 Å². The number of esters is 1. The number of carbonyl (C=O) groups is 1. The molecule has 0 saturated carbocycles. The average molecular weight is 411 g/mol. The van der Waals surface area contributed by atoms with E-state index in [1.165, 1.54) is 20.1 Å². The Morgan fingerprint density at radius 3 is 2.53 bits per heavy atom. The normalized spacial score (nSPS) is 12.3. The van der Waals surface area contributed by atoms with Crippen molar-refractivity contribution < 1.29 is 19.1 Å². The first-order valence-corrected chi connectivity index (χ1v) is 9.75. The van der Waals surface area contributed by atoms with Crippen molar-refractivity contribution >= 4 is 16.9 Å². The summed E-state index contributed by atoms with van der Waals surface area (Å²) in [7, 11) is 1.23. The first kappa shape index (κ1) is 21.4. The van der Waals surface area contributed by atoms with Crippen LogP contribution in [-0.4, -0.2) is 22.8 Å². The number of benzene rings is 1. The zero-order valence-electron chi connectivity index (χ0n) is 17.5. The second kappa shape index (κ2) is 8.57. The summed E-state index contributed by atoms with van der Waals surface area (Å²) in [6.07, 6.45) is -0.285. The number of aromatic hydroxyl groups is 1. The number of aryl methyl sites for hydroxylation is 1. The predicted molar refractivity (Wildman–Crippen MR) is 113 cm³/mol. The SMILES string of the molecule is COC(=O)CC(c1c(O)cc(C)oc1=O)c1cc2ccccc2n(CC(C)C)c1=O. The molecule has 7 nitrogen and oxygen atoms in total. The largest absolute Gasteiger partial charge is 0.507 e. The Balaban J connectivity index is 2.34. The van der Waals surface area contributed by atoms with E-state index in [1.54, 1.807) is 10.6 Å². The summed E-state index contributed by atoms with van der Waals surface area (Å²) < 4.78 is 11.6. The quantitative estimate of drug-likeness (QED) is 0.625. The number of pyridine rings is 1. The third-order valence-electron chi connectivity index (χ3n) is 4.99. The molecule has 0 aliphatic heterocycles. The lowest BCUT2D eigenvalue weighted by molar-refractivity contribution is -0.140. The molecule has 1 N–H and O–H groups in total. The van der Waals surface area contributed by atoms with Crippen molar-refractivity contribution in [1.82, 2.24) is 4.57 Å². The minimum atomic E-state index is -1.01. The summed E-state index contributed by atoms with van der Waals surface area (Å²) in [5.41, 5.74) is -0.252. The minimum absolute atomic E-state index is 0.130. The minimum Gasteiger partial charge on any atom is -0.507 e.